The Labute approximate surface area is 66.9 Å². The summed E-state index contributed by atoms with van der Waals surface area (Å²) in [6, 6.07) is 2.08. The van der Waals surface area contributed by atoms with Gasteiger partial charge in [-0.15, -0.1) is 0 Å². The van der Waals surface area contributed by atoms with Gasteiger partial charge in [-0.3, -0.25) is 0 Å². The van der Waals surface area contributed by atoms with Gasteiger partial charge in [0.05, 0.1) is 19.3 Å². The third kappa shape index (κ3) is 1.90. The van der Waals surface area contributed by atoms with Crippen LogP contribution >= 0.6 is 0 Å². The third-order valence-corrected chi connectivity index (χ3v) is 1.76. The molecule has 11 heavy (non-hydrogen) atoms. The average molecular weight is 155 g/mol. The van der Waals surface area contributed by atoms with Gasteiger partial charge in [0.1, 0.15) is 6.04 Å². The van der Waals surface area contributed by atoms with Gasteiger partial charge in [-0.25, -0.2) is 10.0 Å². The van der Waals surface area contributed by atoms with Gasteiger partial charge in [-0.2, -0.15) is 5.26 Å². The van der Waals surface area contributed by atoms with E-state index in [1.54, 1.807) is 0 Å². The Bertz CT molecular complexity index is 164. The predicted octanol–water partition coefficient (Wildman–Crippen LogP) is -0.313. The molecule has 4 heteroatoms. The van der Waals surface area contributed by atoms with E-state index in [2.05, 4.69) is 6.07 Å². The molecular weight excluding hydrogens is 142 g/mol. The SMILES string of the molecule is CN(C)N1CCOCC1C#N. The summed E-state index contributed by atoms with van der Waals surface area (Å²) in [5, 5.41) is 12.7. The molecule has 1 unspecified atom stereocenters. The average Bonchev–Trinajstić information content (AvgIpc) is 2.04. The number of hydrogen-bond donors (Lipinski definition) is 0. The molecule has 0 N–H and O–H groups in total. The molecule has 0 aromatic rings. The second kappa shape index (κ2) is 3.67. The minimum Gasteiger partial charge on any atom is -0.377 e. The van der Waals surface area contributed by atoms with E-state index in [0.29, 0.717) is 6.61 Å². The van der Waals surface area contributed by atoms with Gasteiger partial charge in [0.25, 0.3) is 0 Å². The van der Waals surface area contributed by atoms with Crippen LogP contribution in [0, 0.1) is 11.3 Å². The zero-order valence-electron chi connectivity index (χ0n) is 6.95. The van der Waals surface area contributed by atoms with Gasteiger partial charge >= 0.3 is 0 Å². The highest BCUT2D eigenvalue weighted by Gasteiger charge is 2.23. The molecule has 0 amide bonds. The van der Waals surface area contributed by atoms with Crippen molar-refractivity contribution in [1.29, 1.82) is 5.26 Å². The van der Waals surface area contributed by atoms with E-state index < -0.39 is 0 Å². The van der Waals surface area contributed by atoms with Crippen LogP contribution in [0.5, 0.6) is 0 Å². The monoisotopic (exact) mass is 155 g/mol. The van der Waals surface area contributed by atoms with E-state index >= 15 is 0 Å². The van der Waals surface area contributed by atoms with Gasteiger partial charge in [-0.1, -0.05) is 0 Å². The van der Waals surface area contributed by atoms with Gasteiger partial charge in [0.15, 0.2) is 0 Å². The lowest BCUT2D eigenvalue weighted by molar-refractivity contribution is -0.0858. The van der Waals surface area contributed by atoms with E-state index in [-0.39, 0.29) is 6.04 Å². The molecule has 0 aliphatic carbocycles. The second-order valence-electron chi connectivity index (χ2n) is 2.73. The van der Waals surface area contributed by atoms with E-state index in [9.17, 15) is 0 Å². The molecule has 1 aliphatic rings. The van der Waals surface area contributed by atoms with Crippen LogP contribution in [-0.2, 0) is 4.74 Å². The third-order valence-electron chi connectivity index (χ3n) is 1.76. The highest BCUT2D eigenvalue weighted by Crippen LogP contribution is 2.06. The van der Waals surface area contributed by atoms with Crippen molar-refractivity contribution < 1.29 is 4.74 Å². The molecule has 0 saturated carbocycles. The number of rotatable bonds is 1. The Hall–Kier alpha value is -0.630. The fraction of sp³-hybridized carbons (Fsp3) is 0.857. The van der Waals surface area contributed by atoms with Gasteiger partial charge in [-0.05, 0) is 0 Å². The molecule has 1 saturated heterocycles. The van der Waals surface area contributed by atoms with Crippen molar-refractivity contribution in [2.45, 2.75) is 6.04 Å². The lowest BCUT2D eigenvalue weighted by Crippen LogP contribution is -2.51. The summed E-state index contributed by atoms with van der Waals surface area (Å²) in [7, 11) is 3.88. The molecule has 1 heterocycles. The molecule has 0 radical (unpaired) electrons. The summed E-state index contributed by atoms with van der Waals surface area (Å²) in [5.41, 5.74) is 0. The highest BCUT2D eigenvalue weighted by atomic mass is 16.5. The first kappa shape index (κ1) is 8.47. The fourth-order valence-electron chi connectivity index (χ4n) is 1.18. The second-order valence-corrected chi connectivity index (χ2v) is 2.73. The first-order valence-corrected chi connectivity index (χ1v) is 3.67. The number of morpholine rings is 1. The van der Waals surface area contributed by atoms with Crippen LogP contribution in [0.15, 0.2) is 0 Å². The van der Waals surface area contributed by atoms with E-state index in [1.807, 2.05) is 24.1 Å². The topological polar surface area (TPSA) is 39.5 Å². The summed E-state index contributed by atoms with van der Waals surface area (Å²) < 4.78 is 5.16. The van der Waals surface area contributed by atoms with Crippen molar-refractivity contribution in [2.75, 3.05) is 33.9 Å². The van der Waals surface area contributed by atoms with Crippen LogP contribution in [0.2, 0.25) is 0 Å². The lowest BCUT2D eigenvalue weighted by Gasteiger charge is -2.35. The molecular formula is C7H13N3O. The van der Waals surface area contributed by atoms with Crippen LogP contribution in [0.4, 0.5) is 0 Å². The smallest absolute Gasteiger partial charge is 0.134 e. The zero-order valence-corrected chi connectivity index (χ0v) is 6.95. The lowest BCUT2D eigenvalue weighted by atomic mass is 10.3. The van der Waals surface area contributed by atoms with E-state index in [0.717, 1.165) is 13.2 Å². The molecule has 0 spiro atoms. The molecule has 1 aliphatic heterocycles. The van der Waals surface area contributed by atoms with Crippen molar-refractivity contribution in [1.82, 2.24) is 10.0 Å². The number of hydrogen-bond acceptors (Lipinski definition) is 4. The fourth-order valence-corrected chi connectivity index (χ4v) is 1.18. The van der Waals surface area contributed by atoms with Crippen molar-refractivity contribution in [3.63, 3.8) is 0 Å². The van der Waals surface area contributed by atoms with Crippen molar-refractivity contribution in [3.8, 4) is 6.07 Å². The van der Waals surface area contributed by atoms with Crippen LogP contribution < -0.4 is 0 Å². The van der Waals surface area contributed by atoms with Crippen LogP contribution in [-0.4, -0.2) is 49.9 Å². The Balaban J connectivity index is 2.53. The Morgan fingerprint density at radius 2 is 2.36 bits per heavy atom. The van der Waals surface area contributed by atoms with Crippen LogP contribution in [0.3, 0.4) is 0 Å². The number of ether oxygens (including phenoxy) is 1. The van der Waals surface area contributed by atoms with Crippen LogP contribution in [0.25, 0.3) is 0 Å². The maximum absolute atomic E-state index is 8.71. The van der Waals surface area contributed by atoms with E-state index in [1.165, 1.54) is 0 Å². The predicted molar refractivity (Wildman–Crippen MR) is 40.6 cm³/mol. The molecule has 1 rings (SSSR count). The van der Waals surface area contributed by atoms with Gasteiger partial charge in [0, 0.05) is 20.6 Å². The largest absolute Gasteiger partial charge is 0.377 e. The zero-order chi connectivity index (χ0) is 8.27. The molecule has 0 bridgehead atoms. The summed E-state index contributed by atoms with van der Waals surface area (Å²) in [6.07, 6.45) is 0. The number of hydrazine groups is 1. The van der Waals surface area contributed by atoms with Crippen molar-refractivity contribution in [3.05, 3.63) is 0 Å². The molecule has 62 valence electrons. The van der Waals surface area contributed by atoms with Gasteiger partial charge in [0.2, 0.25) is 0 Å². The quantitative estimate of drug-likeness (QED) is 0.520. The normalized spacial score (nSPS) is 26.9. The Morgan fingerprint density at radius 3 is 2.82 bits per heavy atom. The minimum absolute atomic E-state index is 0.112. The van der Waals surface area contributed by atoms with Crippen LogP contribution in [0.1, 0.15) is 0 Å². The summed E-state index contributed by atoms with van der Waals surface area (Å²) in [5.74, 6) is 0. The highest BCUT2D eigenvalue weighted by molar-refractivity contribution is 4.91. The standard InChI is InChI=1S/C7H13N3O/c1-9(2)10-3-4-11-6-7(10)5-8/h7H,3-4,6H2,1-2H3. The molecule has 1 atom stereocenters. The van der Waals surface area contributed by atoms with Crippen molar-refractivity contribution >= 4 is 0 Å². The van der Waals surface area contributed by atoms with Gasteiger partial charge < -0.3 is 4.74 Å². The molecule has 4 nitrogen and oxygen atoms in total. The number of nitriles is 1. The molecule has 1 fully saturated rings. The van der Waals surface area contributed by atoms with E-state index in [4.69, 9.17) is 10.00 Å². The Morgan fingerprint density at radius 1 is 1.64 bits per heavy atom. The Kier molecular flexibility index (Phi) is 2.83. The van der Waals surface area contributed by atoms with Crippen molar-refractivity contribution in [2.24, 2.45) is 0 Å². The summed E-state index contributed by atoms with van der Waals surface area (Å²) in [4.78, 5) is 0. The first-order valence-electron chi connectivity index (χ1n) is 3.67. The number of nitrogens with zero attached hydrogens (tertiary/aromatic N) is 3. The maximum Gasteiger partial charge on any atom is 0.134 e. The summed E-state index contributed by atoms with van der Waals surface area (Å²) >= 11 is 0. The first-order chi connectivity index (χ1) is 5.25. The molecule has 0 aromatic heterocycles. The summed E-state index contributed by atoms with van der Waals surface area (Å²) in [6.45, 7) is 2.05. The minimum atomic E-state index is -0.112. The molecule has 0 aromatic carbocycles. The maximum atomic E-state index is 8.71.